The fourth-order valence-electron chi connectivity index (χ4n) is 1.98. The fraction of sp³-hybridized carbons (Fsp3) is 0.909. The van der Waals surface area contributed by atoms with Gasteiger partial charge in [-0.2, -0.15) is 0 Å². The SMILES string of the molecule is CC(C)CC(C)n1nnnc1CNC1CC1. The minimum absolute atomic E-state index is 0.381. The van der Waals surface area contributed by atoms with Gasteiger partial charge < -0.3 is 5.32 Å². The third-order valence-electron chi connectivity index (χ3n) is 2.92. The van der Waals surface area contributed by atoms with Crippen molar-refractivity contribution < 1.29 is 0 Å². The summed E-state index contributed by atoms with van der Waals surface area (Å²) in [4.78, 5) is 0. The lowest BCUT2D eigenvalue weighted by Gasteiger charge is -2.15. The third kappa shape index (κ3) is 3.01. The van der Waals surface area contributed by atoms with Crippen molar-refractivity contribution in [1.29, 1.82) is 0 Å². The van der Waals surface area contributed by atoms with Crippen LogP contribution in [0.4, 0.5) is 0 Å². The van der Waals surface area contributed by atoms with Crippen LogP contribution in [-0.4, -0.2) is 26.2 Å². The van der Waals surface area contributed by atoms with E-state index in [0.29, 0.717) is 18.0 Å². The smallest absolute Gasteiger partial charge is 0.165 e. The van der Waals surface area contributed by atoms with Crippen molar-refractivity contribution in [2.24, 2.45) is 5.92 Å². The fourth-order valence-corrected chi connectivity index (χ4v) is 1.98. The number of hydrogen-bond donors (Lipinski definition) is 1. The van der Waals surface area contributed by atoms with E-state index in [2.05, 4.69) is 41.6 Å². The van der Waals surface area contributed by atoms with Gasteiger partial charge in [0.15, 0.2) is 5.82 Å². The van der Waals surface area contributed by atoms with Crippen LogP contribution in [0.1, 0.15) is 51.9 Å². The first-order valence-electron chi connectivity index (χ1n) is 6.17. The summed E-state index contributed by atoms with van der Waals surface area (Å²) in [6.45, 7) is 7.42. The quantitative estimate of drug-likeness (QED) is 0.794. The molecule has 90 valence electrons. The largest absolute Gasteiger partial charge is 0.307 e. The number of nitrogens with zero attached hydrogens (tertiary/aromatic N) is 4. The molecule has 1 fully saturated rings. The molecule has 2 rings (SSSR count). The molecule has 1 atom stereocenters. The maximum Gasteiger partial charge on any atom is 0.165 e. The molecule has 5 nitrogen and oxygen atoms in total. The molecular formula is C11H21N5. The van der Waals surface area contributed by atoms with Crippen LogP contribution in [0.5, 0.6) is 0 Å². The lowest BCUT2D eigenvalue weighted by atomic mass is 10.1. The van der Waals surface area contributed by atoms with E-state index in [1.165, 1.54) is 12.8 Å². The van der Waals surface area contributed by atoms with Crippen molar-refractivity contribution in [2.45, 2.75) is 58.7 Å². The zero-order valence-electron chi connectivity index (χ0n) is 10.3. The van der Waals surface area contributed by atoms with Gasteiger partial charge in [-0.05, 0) is 42.5 Å². The van der Waals surface area contributed by atoms with Gasteiger partial charge in [0.05, 0.1) is 12.6 Å². The lowest BCUT2D eigenvalue weighted by Crippen LogP contribution is -2.21. The third-order valence-corrected chi connectivity index (χ3v) is 2.92. The molecule has 1 unspecified atom stereocenters. The molecule has 0 radical (unpaired) electrons. The molecule has 0 saturated heterocycles. The van der Waals surface area contributed by atoms with Crippen LogP contribution in [0.3, 0.4) is 0 Å². The summed E-state index contributed by atoms with van der Waals surface area (Å²) in [6.07, 6.45) is 3.70. The molecule has 1 aliphatic carbocycles. The zero-order chi connectivity index (χ0) is 11.5. The Morgan fingerprint density at radius 2 is 2.12 bits per heavy atom. The number of aromatic nitrogens is 4. The molecule has 1 aromatic heterocycles. The van der Waals surface area contributed by atoms with Crippen LogP contribution >= 0.6 is 0 Å². The van der Waals surface area contributed by atoms with Crippen LogP contribution in [0, 0.1) is 5.92 Å². The van der Waals surface area contributed by atoms with E-state index in [1.807, 2.05) is 4.68 Å². The van der Waals surface area contributed by atoms with Gasteiger partial charge in [0, 0.05) is 6.04 Å². The number of hydrogen-bond acceptors (Lipinski definition) is 4. The predicted molar refractivity (Wildman–Crippen MR) is 61.8 cm³/mol. The van der Waals surface area contributed by atoms with Gasteiger partial charge in [0.25, 0.3) is 0 Å². The summed E-state index contributed by atoms with van der Waals surface area (Å²) < 4.78 is 1.95. The van der Waals surface area contributed by atoms with Gasteiger partial charge in [-0.1, -0.05) is 13.8 Å². The summed E-state index contributed by atoms with van der Waals surface area (Å²) in [5.41, 5.74) is 0. The van der Waals surface area contributed by atoms with Crippen molar-refractivity contribution in [1.82, 2.24) is 25.5 Å². The minimum Gasteiger partial charge on any atom is -0.307 e. The van der Waals surface area contributed by atoms with Gasteiger partial charge in [0.2, 0.25) is 0 Å². The van der Waals surface area contributed by atoms with E-state index in [1.54, 1.807) is 0 Å². The average molecular weight is 223 g/mol. The molecule has 0 aliphatic heterocycles. The Bertz CT molecular complexity index is 329. The molecule has 0 bridgehead atoms. The first-order chi connectivity index (χ1) is 7.66. The van der Waals surface area contributed by atoms with Crippen LogP contribution in [0.25, 0.3) is 0 Å². The summed E-state index contributed by atoms with van der Waals surface area (Å²) >= 11 is 0. The Balaban J connectivity index is 1.93. The van der Waals surface area contributed by atoms with Crippen molar-refractivity contribution in [3.63, 3.8) is 0 Å². The second-order valence-electron chi connectivity index (χ2n) is 5.17. The normalized spacial score (nSPS) is 18.0. The van der Waals surface area contributed by atoms with Crippen molar-refractivity contribution in [3.8, 4) is 0 Å². The zero-order valence-corrected chi connectivity index (χ0v) is 10.3. The molecule has 1 N–H and O–H groups in total. The highest BCUT2D eigenvalue weighted by Crippen LogP contribution is 2.20. The topological polar surface area (TPSA) is 55.6 Å². The van der Waals surface area contributed by atoms with Crippen molar-refractivity contribution in [2.75, 3.05) is 0 Å². The van der Waals surface area contributed by atoms with Gasteiger partial charge in [-0.3, -0.25) is 0 Å². The standard InChI is InChI=1S/C11H21N5/c1-8(2)6-9(3)16-11(13-14-15-16)7-12-10-4-5-10/h8-10,12H,4-7H2,1-3H3. The van der Waals surface area contributed by atoms with Gasteiger partial charge in [-0.15, -0.1) is 5.10 Å². The monoisotopic (exact) mass is 223 g/mol. The van der Waals surface area contributed by atoms with Gasteiger partial charge in [0.1, 0.15) is 0 Å². The van der Waals surface area contributed by atoms with Crippen LogP contribution in [0.2, 0.25) is 0 Å². The van der Waals surface area contributed by atoms with Crippen LogP contribution in [0.15, 0.2) is 0 Å². The van der Waals surface area contributed by atoms with Gasteiger partial charge >= 0.3 is 0 Å². The number of rotatable bonds is 6. The molecule has 5 heteroatoms. The average Bonchev–Trinajstić information content (AvgIpc) is 2.91. The summed E-state index contributed by atoms with van der Waals surface area (Å²) in [6, 6.07) is 1.08. The van der Waals surface area contributed by atoms with E-state index in [4.69, 9.17) is 0 Å². The lowest BCUT2D eigenvalue weighted by molar-refractivity contribution is 0.377. The van der Waals surface area contributed by atoms with E-state index in [9.17, 15) is 0 Å². The first-order valence-corrected chi connectivity index (χ1v) is 6.17. The van der Waals surface area contributed by atoms with E-state index < -0.39 is 0 Å². The Morgan fingerprint density at radius 1 is 1.38 bits per heavy atom. The van der Waals surface area contributed by atoms with Crippen LogP contribution in [-0.2, 0) is 6.54 Å². The number of nitrogens with one attached hydrogen (secondary N) is 1. The molecule has 1 saturated carbocycles. The Hall–Kier alpha value is -0.970. The minimum atomic E-state index is 0.381. The van der Waals surface area contributed by atoms with E-state index in [0.717, 1.165) is 18.8 Å². The van der Waals surface area contributed by atoms with E-state index in [-0.39, 0.29) is 0 Å². The maximum atomic E-state index is 4.08. The van der Waals surface area contributed by atoms with Crippen molar-refractivity contribution >= 4 is 0 Å². The first kappa shape index (κ1) is 11.5. The molecule has 1 heterocycles. The highest BCUT2D eigenvalue weighted by Gasteiger charge is 2.22. The molecule has 1 aliphatic rings. The highest BCUT2D eigenvalue weighted by atomic mass is 15.6. The molecule has 1 aromatic rings. The second-order valence-corrected chi connectivity index (χ2v) is 5.17. The summed E-state index contributed by atoms with van der Waals surface area (Å²) in [5.74, 6) is 1.63. The summed E-state index contributed by atoms with van der Waals surface area (Å²) in [7, 11) is 0. The molecule has 16 heavy (non-hydrogen) atoms. The van der Waals surface area contributed by atoms with Crippen LogP contribution < -0.4 is 5.32 Å². The second kappa shape index (κ2) is 4.91. The Kier molecular flexibility index (Phi) is 3.53. The van der Waals surface area contributed by atoms with E-state index >= 15 is 0 Å². The summed E-state index contributed by atoms with van der Waals surface area (Å²) in [5, 5.41) is 15.4. The Labute approximate surface area is 96.6 Å². The molecule has 0 amide bonds. The number of tetrazole rings is 1. The molecule has 0 spiro atoms. The molecular weight excluding hydrogens is 202 g/mol. The van der Waals surface area contributed by atoms with Crippen molar-refractivity contribution in [3.05, 3.63) is 5.82 Å². The molecule has 0 aromatic carbocycles. The Morgan fingerprint density at radius 3 is 2.75 bits per heavy atom. The van der Waals surface area contributed by atoms with Gasteiger partial charge in [-0.25, -0.2) is 4.68 Å². The predicted octanol–water partition coefficient (Wildman–Crippen LogP) is 1.53. The maximum absolute atomic E-state index is 4.08. The highest BCUT2D eigenvalue weighted by molar-refractivity contribution is 4.88.